The van der Waals surface area contributed by atoms with Crippen molar-refractivity contribution in [1.29, 1.82) is 0 Å². The number of hydrogen-bond acceptors (Lipinski definition) is 6. The van der Waals surface area contributed by atoms with E-state index >= 15 is 0 Å². The number of nitrogens with one attached hydrogen (secondary N) is 1. The van der Waals surface area contributed by atoms with Gasteiger partial charge in [0.15, 0.2) is 11.5 Å². The highest BCUT2D eigenvalue weighted by Crippen LogP contribution is 2.42. The highest BCUT2D eigenvalue weighted by molar-refractivity contribution is 5.81. The number of halogens is 2. The van der Waals surface area contributed by atoms with E-state index in [1.54, 1.807) is 30.6 Å². The van der Waals surface area contributed by atoms with Crippen LogP contribution in [0, 0.1) is 0 Å². The molecule has 2 amide bonds. The molecule has 8 nitrogen and oxygen atoms in total. The molecule has 1 aromatic carbocycles. The van der Waals surface area contributed by atoms with Crippen LogP contribution in [-0.4, -0.2) is 66.4 Å². The molecule has 0 aromatic heterocycles. The predicted molar refractivity (Wildman–Crippen MR) is 95.5 cm³/mol. The first kappa shape index (κ1) is 20.0. The molecule has 0 aliphatic carbocycles. The Hall–Kier alpha value is -2.78. The summed E-state index contributed by atoms with van der Waals surface area (Å²) in [5, 5.41) is 2.89. The lowest BCUT2D eigenvalue weighted by Crippen LogP contribution is -2.52. The van der Waals surface area contributed by atoms with Gasteiger partial charge < -0.3 is 29.3 Å². The van der Waals surface area contributed by atoms with Crippen molar-refractivity contribution in [3.8, 4) is 11.5 Å². The number of piperazine rings is 1. The third-order valence-electron chi connectivity index (χ3n) is 4.13. The number of carbonyl (C=O) groups excluding carboxylic acids is 2. The molecular formula is C18H23F2N3O5. The molecule has 1 fully saturated rings. The number of amides is 2. The molecule has 0 spiro atoms. The molecule has 3 rings (SSSR count). The van der Waals surface area contributed by atoms with Gasteiger partial charge >= 0.3 is 12.4 Å². The minimum atomic E-state index is -3.68. The smallest absolute Gasteiger partial charge is 0.444 e. The first-order valence-corrected chi connectivity index (χ1v) is 8.92. The van der Waals surface area contributed by atoms with Crippen LogP contribution in [-0.2, 0) is 9.53 Å². The molecular weight excluding hydrogens is 376 g/mol. The van der Waals surface area contributed by atoms with Crippen LogP contribution in [0.2, 0.25) is 0 Å². The number of rotatable bonds is 3. The van der Waals surface area contributed by atoms with Crippen LogP contribution in [0.1, 0.15) is 20.8 Å². The van der Waals surface area contributed by atoms with Crippen molar-refractivity contribution >= 4 is 17.7 Å². The lowest BCUT2D eigenvalue weighted by Gasteiger charge is -2.35. The van der Waals surface area contributed by atoms with Gasteiger partial charge in [-0.25, -0.2) is 4.79 Å². The number of benzene rings is 1. The first-order valence-electron chi connectivity index (χ1n) is 8.92. The van der Waals surface area contributed by atoms with Crippen LogP contribution in [0.15, 0.2) is 18.2 Å². The predicted octanol–water partition coefficient (Wildman–Crippen LogP) is 2.50. The second-order valence-corrected chi connectivity index (χ2v) is 7.53. The van der Waals surface area contributed by atoms with E-state index in [2.05, 4.69) is 14.8 Å². The third-order valence-corrected chi connectivity index (χ3v) is 4.13. The average molecular weight is 399 g/mol. The van der Waals surface area contributed by atoms with E-state index in [1.165, 1.54) is 18.2 Å². The summed E-state index contributed by atoms with van der Waals surface area (Å²) >= 11 is 0. The molecule has 2 aliphatic heterocycles. The van der Waals surface area contributed by atoms with Crippen molar-refractivity contribution in [3.05, 3.63) is 18.2 Å². The van der Waals surface area contributed by atoms with Crippen LogP contribution in [0.5, 0.6) is 11.5 Å². The van der Waals surface area contributed by atoms with E-state index in [0.717, 1.165) is 0 Å². The van der Waals surface area contributed by atoms with Crippen molar-refractivity contribution in [1.82, 2.24) is 9.80 Å². The Labute approximate surface area is 161 Å². The summed E-state index contributed by atoms with van der Waals surface area (Å²) < 4.78 is 40.1. The van der Waals surface area contributed by atoms with Gasteiger partial charge in [0.25, 0.3) is 0 Å². The van der Waals surface area contributed by atoms with Crippen molar-refractivity contribution in [2.45, 2.75) is 32.7 Å². The molecule has 0 saturated carbocycles. The van der Waals surface area contributed by atoms with Gasteiger partial charge in [0.1, 0.15) is 5.60 Å². The van der Waals surface area contributed by atoms with Gasteiger partial charge in [-0.05, 0) is 32.9 Å². The largest absolute Gasteiger partial charge is 0.586 e. The Kier molecular flexibility index (Phi) is 5.22. The van der Waals surface area contributed by atoms with Gasteiger partial charge in [0, 0.05) is 37.9 Å². The van der Waals surface area contributed by atoms with Crippen molar-refractivity contribution in [2.75, 3.05) is 38.0 Å². The van der Waals surface area contributed by atoms with Gasteiger partial charge in [0.05, 0.1) is 6.54 Å². The monoisotopic (exact) mass is 399 g/mol. The van der Waals surface area contributed by atoms with E-state index in [4.69, 9.17) is 4.74 Å². The molecule has 0 bridgehead atoms. The molecule has 1 saturated heterocycles. The van der Waals surface area contributed by atoms with Crippen LogP contribution in [0.25, 0.3) is 0 Å². The second-order valence-electron chi connectivity index (χ2n) is 7.53. The summed E-state index contributed by atoms with van der Waals surface area (Å²) in [5.41, 5.74) is -0.108. The van der Waals surface area contributed by atoms with Gasteiger partial charge in [-0.1, -0.05) is 0 Å². The minimum Gasteiger partial charge on any atom is -0.444 e. The highest BCUT2D eigenvalue weighted by atomic mass is 19.3. The van der Waals surface area contributed by atoms with E-state index in [9.17, 15) is 18.4 Å². The average Bonchev–Trinajstić information content (AvgIpc) is 2.91. The molecule has 2 aliphatic rings. The number of carbonyl (C=O) groups is 2. The number of ether oxygens (including phenoxy) is 3. The number of hydrogen-bond donors (Lipinski definition) is 1. The Morgan fingerprint density at radius 1 is 1.11 bits per heavy atom. The number of fused-ring (bicyclic) bond motifs is 1. The summed E-state index contributed by atoms with van der Waals surface area (Å²) in [6.45, 7) is 6.96. The zero-order valence-corrected chi connectivity index (χ0v) is 16.0. The normalized spacial score (nSPS) is 18.0. The zero-order valence-electron chi connectivity index (χ0n) is 16.0. The maximum Gasteiger partial charge on any atom is 0.586 e. The van der Waals surface area contributed by atoms with Gasteiger partial charge in [-0.15, -0.1) is 8.78 Å². The van der Waals surface area contributed by atoms with Crippen molar-refractivity contribution in [2.24, 2.45) is 0 Å². The van der Waals surface area contributed by atoms with Crippen LogP contribution >= 0.6 is 0 Å². The SMILES string of the molecule is CC(C)(C)OC(=O)N1CCN(C(=O)CNc2ccc3c(c2)OC(F)(F)O3)CC1. The molecule has 1 N–H and O–H groups in total. The first-order chi connectivity index (χ1) is 13.0. The summed E-state index contributed by atoms with van der Waals surface area (Å²) in [4.78, 5) is 27.6. The quantitative estimate of drug-likeness (QED) is 0.841. The third kappa shape index (κ3) is 4.93. The van der Waals surface area contributed by atoms with Crippen LogP contribution < -0.4 is 14.8 Å². The topological polar surface area (TPSA) is 80.3 Å². The molecule has 28 heavy (non-hydrogen) atoms. The molecule has 0 atom stereocenters. The summed E-state index contributed by atoms with van der Waals surface area (Å²) in [7, 11) is 0. The lowest BCUT2D eigenvalue weighted by molar-refractivity contribution is -0.286. The molecule has 0 unspecified atom stereocenters. The highest BCUT2D eigenvalue weighted by Gasteiger charge is 2.43. The minimum absolute atomic E-state index is 0.0114. The number of nitrogens with zero attached hydrogens (tertiary/aromatic N) is 2. The fourth-order valence-electron chi connectivity index (χ4n) is 2.81. The van der Waals surface area contributed by atoms with E-state index < -0.39 is 18.0 Å². The maximum absolute atomic E-state index is 13.0. The second kappa shape index (κ2) is 7.33. The Morgan fingerprint density at radius 2 is 1.71 bits per heavy atom. The molecule has 10 heteroatoms. The van der Waals surface area contributed by atoms with Crippen LogP contribution in [0.4, 0.5) is 19.3 Å². The summed E-state index contributed by atoms with van der Waals surface area (Å²) in [6, 6.07) is 4.23. The van der Waals surface area contributed by atoms with Crippen LogP contribution in [0.3, 0.4) is 0 Å². The van der Waals surface area contributed by atoms with Crippen molar-refractivity contribution < 1.29 is 32.6 Å². The summed E-state index contributed by atoms with van der Waals surface area (Å²) in [5.74, 6) is -0.305. The molecule has 0 radical (unpaired) electrons. The molecule has 1 aromatic rings. The number of alkyl halides is 2. The fourth-order valence-corrected chi connectivity index (χ4v) is 2.81. The fraction of sp³-hybridized carbons (Fsp3) is 0.556. The van der Waals surface area contributed by atoms with Gasteiger partial charge in [-0.3, -0.25) is 4.79 Å². The van der Waals surface area contributed by atoms with E-state index in [-0.39, 0.29) is 24.0 Å². The van der Waals surface area contributed by atoms with E-state index in [0.29, 0.717) is 31.9 Å². The molecule has 154 valence electrons. The Balaban J connectivity index is 1.46. The lowest BCUT2D eigenvalue weighted by atomic mass is 10.2. The standard InChI is InChI=1S/C18H23F2N3O5/c1-17(2,3)28-16(25)23-8-6-22(7-9-23)15(24)11-21-12-4-5-13-14(10-12)27-18(19,20)26-13/h4-5,10,21H,6-9,11H2,1-3H3. The summed E-state index contributed by atoms with van der Waals surface area (Å²) in [6.07, 6.45) is -4.07. The Bertz CT molecular complexity index is 758. The van der Waals surface area contributed by atoms with Crippen molar-refractivity contribution in [3.63, 3.8) is 0 Å². The maximum atomic E-state index is 13.0. The number of anilines is 1. The van der Waals surface area contributed by atoms with E-state index in [1.807, 2.05) is 0 Å². The van der Waals surface area contributed by atoms with Gasteiger partial charge in [-0.2, -0.15) is 0 Å². The van der Waals surface area contributed by atoms with Gasteiger partial charge in [0.2, 0.25) is 5.91 Å². The molecule has 2 heterocycles. The Morgan fingerprint density at radius 3 is 2.36 bits per heavy atom. The zero-order chi connectivity index (χ0) is 20.5.